The molecule has 0 fully saturated rings. The van der Waals surface area contributed by atoms with E-state index in [1.165, 1.54) is 6.92 Å². The lowest BCUT2D eigenvalue weighted by Crippen LogP contribution is -2.38. The smallest absolute Gasteiger partial charge is 0.325 e. The summed E-state index contributed by atoms with van der Waals surface area (Å²) in [7, 11) is 0. The number of carbonyl (C=O) groups excluding carboxylic acids is 1. The van der Waals surface area contributed by atoms with E-state index in [1.54, 1.807) is 16.8 Å². The molecule has 0 aliphatic heterocycles. The van der Waals surface area contributed by atoms with Crippen molar-refractivity contribution in [2.45, 2.75) is 45.1 Å². The Morgan fingerprint density at radius 2 is 1.88 bits per heavy atom. The molecule has 2 N–H and O–H groups in total. The summed E-state index contributed by atoms with van der Waals surface area (Å²) >= 11 is 5.96. The Morgan fingerprint density at radius 1 is 1.20 bits per heavy atom. The predicted molar refractivity (Wildman–Crippen MR) is 94.4 cm³/mol. The minimum atomic E-state index is -1.07. The highest BCUT2D eigenvalue weighted by Gasteiger charge is 2.26. The molecule has 1 heterocycles. The average Bonchev–Trinajstić information content (AvgIpc) is 2.77. The summed E-state index contributed by atoms with van der Waals surface area (Å²) in [5.74, 6) is -1.52. The van der Waals surface area contributed by atoms with E-state index >= 15 is 0 Å². The Labute approximate surface area is 150 Å². The molecule has 0 spiro atoms. The van der Waals surface area contributed by atoms with Crippen LogP contribution in [0, 0.1) is 0 Å². The van der Waals surface area contributed by atoms with E-state index < -0.39 is 17.9 Å². The first-order valence-electron chi connectivity index (χ1n) is 8.37. The minimum absolute atomic E-state index is 0.319. The number of carbonyl (C=O) groups is 2. The predicted octanol–water partition coefficient (Wildman–Crippen LogP) is 3.00. The Kier molecular flexibility index (Phi) is 5.08. The van der Waals surface area contributed by atoms with Crippen LogP contribution in [0.2, 0.25) is 5.02 Å². The second-order valence-electron chi connectivity index (χ2n) is 6.26. The van der Waals surface area contributed by atoms with E-state index in [2.05, 4.69) is 10.4 Å². The maximum absolute atomic E-state index is 12.6. The summed E-state index contributed by atoms with van der Waals surface area (Å²) in [6.45, 7) is 1.44. The molecule has 1 amide bonds. The van der Waals surface area contributed by atoms with E-state index in [9.17, 15) is 9.59 Å². The quantitative estimate of drug-likeness (QED) is 0.820. The molecular formula is C18H20ClN3O3. The van der Waals surface area contributed by atoms with Gasteiger partial charge >= 0.3 is 5.97 Å². The molecule has 0 bridgehead atoms. The van der Waals surface area contributed by atoms with E-state index in [0.29, 0.717) is 10.7 Å². The zero-order valence-electron chi connectivity index (χ0n) is 14.0. The van der Waals surface area contributed by atoms with Crippen molar-refractivity contribution in [2.24, 2.45) is 0 Å². The number of nitrogens with one attached hydrogen (secondary N) is 1. The third-order valence-corrected chi connectivity index (χ3v) is 4.69. The molecule has 1 aromatic carbocycles. The number of hydrogen-bond donors (Lipinski definition) is 2. The van der Waals surface area contributed by atoms with Crippen molar-refractivity contribution >= 4 is 23.5 Å². The lowest BCUT2D eigenvalue weighted by Gasteiger charge is -2.08. The standard InChI is InChI=1S/C18H20ClN3O3/c1-11(18(24)25)20-17(23)16-14-5-3-2-4-6-15(14)22(21-16)13-9-7-12(19)8-10-13/h7-11H,2-6H2,1H3,(H,20,23)(H,24,25). The van der Waals surface area contributed by atoms with Crippen LogP contribution in [0.5, 0.6) is 0 Å². The maximum Gasteiger partial charge on any atom is 0.325 e. The fourth-order valence-electron chi connectivity index (χ4n) is 3.08. The highest BCUT2D eigenvalue weighted by atomic mass is 35.5. The number of aliphatic carboxylic acids is 1. The summed E-state index contributed by atoms with van der Waals surface area (Å²) < 4.78 is 1.79. The zero-order valence-corrected chi connectivity index (χ0v) is 14.7. The first-order chi connectivity index (χ1) is 12.0. The summed E-state index contributed by atoms with van der Waals surface area (Å²) in [6, 6.07) is 6.33. The molecule has 25 heavy (non-hydrogen) atoms. The number of benzene rings is 1. The van der Waals surface area contributed by atoms with Gasteiger partial charge in [-0.3, -0.25) is 9.59 Å². The number of carboxylic acids is 1. The highest BCUT2D eigenvalue weighted by molar-refractivity contribution is 6.30. The summed E-state index contributed by atoms with van der Waals surface area (Å²) in [6.07, 6.45) is 4.74. The molecule has 0 radical (unpaired) electrons. The highest BCUT2D eigenvalue weighted by Crippen LogP contribution is 2.27. The van der Waals surface area contributed by atoms with Gasteiger partial charge in [-0.2, -0.15) is 5.10 Å². The van der Waals surface area contributed by atoms with E-state index in [0.717, 1.165) is 49.0 Å². The molecule has 1 aliphatic rings. The number of halogens is 1. The number of rotatable bonds is 4. The SMILES string of the molecule is CC(NC(=O)c1nn(-c2ccc(Cl)cc2)c2c1CCCCC2)C(=O)O. The van der Waals surface area contributed by atoms with E-state index in [1.807, 2.05) is 12.1 Å². The number of hydrogen-bond acceptors (Lipinski definition) is 3. The summed E-state index contributed by atoms with van der Waals surface area (Å²) in [5.41, 5.74) is 3.10. The van der Waals surface area contributed by atoms with Gasteiger partial charge in [0.05, 0.1) is 5.69 Å². The fraction of sp³-hybridized carbons (Fsp3) is 0.389. The molecule has 132 valence electrons. The fourth-order valence-corrected chi connectivity index (χ4v) is 3.21. The van der Waals surface area contributed by atoms with Crippen LogP contribution in [0.3, 0.4) is 0 Å². The third-order valence-electron chi connectivity index (χ3n) is 4.43. The second-order valence-corrected chi connectivity index (χ2v) is 6.69. The van der Waals surface area contributed by atoms with Crippen molar-refractivity contribution in [1.82, 2.24) is 15.1 Å². The maximum atomic E-state index is 12.6. The van der Waals surface area contributed by atoms with Gasteiger partial charge in [0.1, 0.15) is 6.04 Å². The third kappa shape index (κ3) is 3.69. The molecule has 0 saturated carbocycles. The van der Waals surface area contributed by atoms with Crippen LogP contribution in [0.1, 0.15) is 47.9 Å². The number of aromatic nitrogens is 2. The molecule has 0 saturated heterocycles. The number of amides is 1. The van der Waals surface area contributed by atoms with Crippen LogP contribution in [0.15, 0.2) is 24.3 Å². The first-order valence-corrected chi connectivity index (χ1v) is 8.75. The van der Waals surface area contributed by atoms with Crippen LogP contribution in [-0.4, -0.2) is 32.8 Å². The molecular weight excluding hydrogens is 342 g/mol. The lowest BCUT2D eigenvalue weighted by molar-refractivity contribution is -0.138. The molecule has 1 aromatic heterocycles. The Balaban J connectivity index is 2.02. The van der Waals surface area contributed by atoms with Gasteiger partial charge < -0.3 is 10.4 Å². The van der Waals surface area contributed by atoms with Gasteiger partial charge in [0, 0.05) is 16.3 Å². The van der Waals surface area contributed by atoms with Crippen molar-refractivity contribution in [3.8, 4) is 5.69 Å². The van der Waals surface area contributed by atoms with Crippen molar-refractivity contribution in [3.05, 3.63) is 46.2 Å². The van der Waals surface area contributed by atoms with Crippen molar-refractivity contribution in [2.75, 3.05) is 0 Å². The van der Waals surface area contributed by atoms with Crippen LogP contribution < -0.4 is 5.32 Å². The van der Waals surface area contributed by atoms with Gasteiger partial charge in [0.2, 0.25) is 0 Å². The zero-order chi connectivity index (χ0) is 18.0. The van der Waals surface area contributed by atoms with E-state index in [4.69, 9.17) is 16.7 Å². The van der Waals surface area contributed by atoms with Gasteiger partial charge in [0.25, 0.3) is 5.91 Å². The summed E-state index contributed by atoms with van der Waals surface area (Å²) in [4.78, 5) is 23.6. The van der Waals surface area contributed by atoms with Crippen LogP contribution in [-0.2, 0) is 17.6 Å². The monoisotopic (exact) mass is 361 g/mol. The first kappa shape index (κ1) is 17.5. The van der Waals surface area contributed by atoms with Crippen LogP contribution in [0.25, 0.3) is 5.69 Å². The Hall–Kier alpha value is -2.34. The van der Waals surface area contributed by atoms with Gasteiger partial charge in [-0.25, -0.2) is 4.68 Å². The average molecular weight is 362 g/mol. The minimum Gasteiger partial charge on any atom is -0.480 e. The van der Waals surface area contributed by atoms with Crippen LogP contribution >= 0.6 is 11.6 Å². The van der Waals surface area contributed by atoms with Gasteiger partial charge in [-0.05, 0) is 56.9 Å². The molecule has 1 atom stereocenters. The normalized spacial score (nSPS) is 15.1. The molecule has 2 aromatic rings. The molecule has 7 heteroatoms. The lowest BCUT2D eigenvalue weighted by atomic mass is 10.1. The van der Waals surface area contributed by atoms with Gasteiger partial charge in [-0.1, -0.05) is 18.0 Å². The van der Waals surface area contributed by atoms with Crippen molar-refractivity contribution in [3.63, 3.8) is 0 Å². The number of carboxylic acid groups (broad SMARTS) is 1. The van der Waals surface area contributed by atoms with Gasteiger partial charge in [-0.15, -0.1) is 0 Å². The molecule has 1 aliphatic carbocycles. The molecule has 1 unspecified atom stereocenters. The van der Waals surface area contributed by atoms with E-state index in [-0.39, 0.29) is 0 Å². The topological polar surface area (TPSA) is 84.2 Å². The van der Waals surface area contributed by atoms with Crippen LogP contribution in [0.4, 0.5) is 0 Å². The van der Waals surface area contributed by atoms with Crippen molar-refractivity contribution in [1.29, 1.82) is 0 Å². The Bertz CT molecular complexity index is 799. The Morgan fingerprint density at radius 3 is 2.56 bits per heavy atom. The van der Waals surface area contributed by atoms with Gasteiger partial charge in [0.15, 0.2) is 5.69 Å². The number of fused-ring (bicyclic) bond motifs is 1. The van der Waals surface area contributed by atoms with Crippen molar-refractivity contribution < 1.29 is 14.7 Å². The number of nitrogens with zero attached hydrogens (tertiary/aromatic N) is 2. The summed E-state index contributed by atoms with van der Waals surface area (Å²) in [5, 5.41) is 16.7. The largest absolute Gasteiger partial charge is 0.480 e. The second kappa shape index (κ2) is 7.27. The molecule has 6 nitrogen and oxygen atoms in total. The molecule has 3 rings (SSSR count).